The minimum Gasteiger partial charge on any atom is -0.488 e. The molecule has 0 spiro atoms. The highest BCUT2D eigenvalue weighted by Gasteiger charge is 2.35. The van der Waals surface area contributed by atoms with Crippen LogP contribution in [0.4, 0.5) is 9.52 Å². The SMILES string of the molecule is C[C@]1(CC(=O)Nc2nccs2)NCCc2cc(OCCn3cc(CCCCCCCCC(=O)O)nn3)c(Oc3ccc(C(=O)O)c(F)c3)cc21. The fourth-order valence-corrected chi connectivity index (χ4v) is 6.52. The average molecular weight is 709 g/mol. The number of ether oxygens (including phenoxy) is 2. The van der Waals surface area contributed by atoms with Gasteiger partial charge < -0.3 is 30.3 Å². The van der Waals surface area contributed by atoms with Gasteiger partial charge in [0.2, 0.25) is 5.91 Å². The molecule has 1 aliphatic rings. The Morgan fingerprint density at radius 3 is 2.62 bits per heavy atom. The molecule has 13 nitrogen and oxygen atoms in total. The third-order valence-corrected chi connectivity index (χ3v) is 9.19. The number of hydrogen-bond acceptors (Lipinski definition) is 10. The number of halogens is 1. The Morgan fingerprint density at radius 2 is 1.88 bits per heavy atom. The van der Waals surface area contributed by atoms with Gasteiger partial charge in [-0.1, -0.05) is 30.9 Å². The van der Waals surface area contributed by atoms with Crippen molar-refractivity contribution in [1.82, 2.24) is 25.3 Å². The summed E-state index contributed by atoms with van der Waals surface area (Å²) in [6.07, 6.45) is 11.0. The van der Waals surface area contributed by atoms with E-state index in [9.17, 15) is 23.9 Å². The third kappa shape index (κ3) is 10.1. The number of thiazole rings is 1. The number of unbranched alkanes of at least 4 members (excludes halogenated alkanes) is 5. The molecule has 1 amide bonds. The Bertz CT molecular complexity index is 1780. The molecule has 4 N–H and O–H groups in total. The van der Waals surface area contributed by atoms with Crippen LogP contribution in [0.5, 0.6) is 17.2 Å². The normalized spacial score (nSPS) is 15.3. The summed E-state index contributed by atoms with van der Waals surface area (Å²) in [5.41, 5.74) is 1.44. The molecule has 0 radical (unpaired) electrons. The van der Waals surface area contributed by atoms with Crippen LogP contribution in [0.2, 0.25) is 0 Å². The lowest BCUT2D eigenvalue weighted by Gasteiger charge is -2.37. The monoisotopic (exact) mass is 708 g/mol. The summed E-state index contributed by atoms with van der Waals surface area (Å²) < 4.78 is 28.6. The number of carboxylic acid groups (broad SMARTS) is 2. The smallest absolute Gasteiger partial charge is 0.338 e. The van der Waals surface area contributed by atoms with Gasteiger partial charge in [0.15, 0.2) is 16.6 Å². The first-order valence-corrected chi connectivity index (χ1v) is 17.5. The van der Waals surface area contributed by atoms with E-state index < -0.39 is 28.9 Å². The number of nitrogens with one attached hydrogen (secondary N) is 2. The van der Waals surface area contributed by atoms with E-state index in [4.69, 9.17) is 14.6 Å². The van der Waals surface area contributed by atoms with Gasteiger partial charge in [0.1, 0.15) is 18.2 Å². The number of benzene rings is 2. The van der Waals surface area contributed by atoms with E-state index in [1.807, 2.05) is 19.2 Å². The molecule has 0 bridgehead atoms. The zero-order valence-electron chi connectivity index (χ0n) is 27.8. The Morgan fingerprint density at radius 1 is 1.08 bits per heavy atom. The van der Waals surface area contributed by atoms with Gasteiger partial charge >= 0.3 is 11.9 Å². The number of aromatic nitrogens is 4. The number of aliphatic carboxylic acids is 1. The minimum absolute atomic E-state index is 0.0884. The molecule has 3 heterocycles. The molecular weight excluding hydrogens is 667 g/mol. The molecule has 0 unspecified atom stereocenters. The number of carbonyl (C=O) groups excluding carboxylic acids is 1. The summed E-state index contributed by atoms with van der Waals surface area (Å²) in [6.45, 7) is 3.20. The Balaban J connectivity index is 1.25. The van der Waals surface area contributed by atoms with Crippen LogP contribution in [0, 0.1) is 5.82 Å². The van der Waals surface area contributed by atoms with Crippen LogP contribution in [0.3, 0.4) is 0 Å². The van der Waals surface area contributed by atoms with Crippen molar-refractivity contribution in [3.05, 3.63) is 76.3 Å². The summed E-state index contributed by atoms with van der Waals surface area (Å²) in [5, 5.41) is 35.1. The second-order valence-corrected chi connectivity index (χ2v) is 13.3. The van der Waals surface area contributed by atoms with Gasteiger partial charge in [-0.15, -0.1) is 16.4 Å². The van der Waals surface area contributed by atoms with E-state index in [1.165, 1.54) is 17.4 Å². The maximum atomic E-state index is 14.6. The second-order valence-electron chi connectivity index (χ2n) is 12.4. The summed E-state index contributed by atoms with van der Waals surface area (Å²) in [6, 6.07) is 7.20. The molecule has 15 heteroatoms. The van der Waals surface area contributed by atoms with Crippen molar-refractivity contribution < 1.29 is 38.5 Å². The standard InChI is InChI=1S/C35H41FN6O7S/c1-35(21-31(43)39-34-37-14-17-50-34)27-20-30(49-25-10-11-26(33(46)47)28(36)19-25)29(18-23(27)12-13-38-35)48-16-15-42-22-24(40-41-42)8-6-4-2-3-5-7-9-32(44)45/h10-11,14,17-20,22,38H,2-9,12-13,15-16,21H2,1H3,(H,44,45)(H,46,47)(H,37,39,43)/t35-/m1/s1. The Hall–Kier alpha value is -4.89. The van der Waals surface area contributed by atoms with Gasteiger partial charge in [-0.3, -0.25) is 9.59 Å². The molecule has 2 aromatic heterocycles. The fraction of sp³-hybridized carbons (Fsp3) is 0.429. The van der Waals surface area contributed by atoms with Crippen LogP contribution < -0.4 is 20.1 Å². The molecule has 50 heavy (non-hydrogen) atoms. The minimum atomic E-state index is -1.38. The molecule has 4 aromatic rings. The Labute approximate surface area is 292 Å². The number of anilines is 1. The van der Waals surface area contributed by atoms with Crippen molar-refractivity contribution in [1.29, 1.82) is 0 Å². The lowest BCUT2D eigenvalue weighted by atomic mass is 9.81. The van der Waals surface area contributed by atoms with Crippen molar-refractivity contribution >= 4 is 34.3 Å². The first-order valence-electron chi connectivity index (χ1n) is 16.7. The number of rotatable bonds is 19. The first kappa shape index (κ1) is 36.4. The number of hydrogen-bond donors (Lipinski definition) is 4. The largest absolute Gasteiger partial charge is 0.488 e. The molecule has 266 valence electrons. The molecule has 1 aliphatic heterocycles. The van der Waals surface area contributed by atoms with E-state index in [1.54, 1.807) is 22.3 Å². The number of carboxylic acids is 2. The van der Waals surface area contributed by atoms with Gasteiger partial charge in [0, 0.05) is 48.8 Å². The second kappa shape index (κ2) is 17.2. The lowest BCUT2D eigenvalue weighted by molar-refractivity contribution is -0.137. The highest BCUT2D eigenvalue weighted by atomic mass is 32.1. The number of nitrogens with zero attached hydrogens (tertiary/aromatic N) is 4. The molecule has 0 fully saturated rings. The highest BCUT2D eigenvalue weighted by Crippen LogP contribution is 2.41. The van der Waals surface area contributed by atoms with Crippen molar-refractivity contribution in [2.45, 2.75) is 83.2 Å². The van der Waals surface area contributed by atoms with E-state index in [0.29, 0.717) is 36.8 Å². The van der Waals surface area contributed by atoms with Gasteiger partial charge in [0.25, 0.3) is 0 Å². The van der Waals surface area contributed by atoms with Crippen LogP contribution in [-0.4, -0.2) is 61.2 Å². The van der Waals surface area contributed by atoms with E-state index >= 15 is 0 Å². The van der Waals surface area contributed by atoms with Crippen LogP contribution in [0.1, 0.15) is 85.5 Å². The predicted octanol–water partition coefficient (Wildman–Crippen LogP) is 6.19. The maximum Gasteiger partial charge on any atom is 0.338 e. The van der Waals surface area contributed by atoms with Gasteiger partial charge in [0.05, 0.1) is 17.8 Å². The van der Waals surface area contributed by atoms with Gasteiger partial charge in [-0.05, 0) is 68.0 Å². The molecule has 5 rings (SSSR count). The molecule has 0 aliphatic carbocycles. The third-order valence-electron chi connectivity index (χ3n) is 8.50. The maximum absolute atomic E-state index is 14.6. The van der Waals surface area contributed by atoms with Crippen molar-refractivity contribution in [2.75, 3.05) is 18.5 Å². The zero-order chi connectivity index (χ0) is 35.5. The van der Waals surface area contributed by atoms with Crippen molar-refractivity contribution in [3.8, 4) is 17.2 Å². The quantitative estimate of drug-likeness (QED) is 0.0817. The highest BCUT2D eigenvalue weighted by molar-refractivity contribution is 7.13. The Kier molecular flexibility index (Phi) is 12.5. The van der Waals surface area contributed by atoms with Crippen LogP contribution in [-0.2, 0) is 34.5 Å². The predicted molar refractivity (Wildman–Crippen MR) is 183 cm³/mol. The fourth-order valence-electron chi connectivity index (χ4n) is 5.97. The average Bonchev–Trinajstić information content (AvgIpc) is 3.75. The number of carbonyl (C=O) groups is 3. The molecule has 0 saturated carbocycles. The number of amides is 1. The van der Waals surface area contributed by atoms with E-state index in [-0.39, 0.29) is 36.9 Å². The van der Waals surface area contributed by atoms with Crippen LogP contribution >= 0.6 is 11.3 Å². The molecule has 0 saturated heterocycles. The summed E-state index contributed by atoms with van der Waals surface area (Å²) >= 11 is 1.33. The van der Waals surface area contributed by atoms with E-state index in [0.717, 1.165) is 67.5 Å². The molecule has 2 aromatic carbocycles. The zero-order valence-corrected chi connectivity index (χ0v) is 28.6. The number of fused-ring (bicyclic) bond motifs is 1. The van der Waals surface area contributed by atoms with Crippen LogP contribution in [0.15, 0.2) is 48.1 Å². The van der Waals surface area contributed by atoms with Crippen molar-refractivity contribution in [2.24, 2.45) is 0 Å². The van der Waals surface area contributed by atoms with Crippen LogP contribution in [0.25, 0.3) is 0 Å². The topological polar surface area (TPSA) is 178 Å². The summed E-state index contributed by atoms with van der Waals surface area (Å²) in [4.78, 5) is 39.1. The van der Waals surface area contributed by atoms with Gasteiger partial charge in [-0.25, -0.2) is 18.9 Å². The first-order chi connectivity index (χ1) is 24.1. The van der Waals surface area contributed by atoms with Crippen molar-refractivity contribution in [3.63, 3.8) is 0 Å². The molecular formula is C35H41FN6O7S. The summed E-state index contributed by atoms with van der Waals surface area (Å²) in [5.74, 6) is -2.49. The van der Waals surface area contributed by atoms with Gasteiger partial charge in [-0.2, -0.15) is 0 Å². The number of aromatic carboxylic acids is 1. The number of aryl methyl sites for hydroxylation is 1. The van der Waals surface area contributed by atoms with E-state index in [2.05, 4.69) is 25.9 Å². The summed E-state index contributed by atoms with van der Waals surface area (Å²) in [7, 11) is 0. The molecule has 1 atom stereocenters. The lowest BCUT2D eigenvalue weighted by Crippen LogP contribution is -2.47.